The molecule has 1 fully saturated rings. The van der Waals surface area contributed by atoms with Gasteiger partial charge in [-0.1, -0.05) is 35.3 Å². The molecule has 2 aromatic carbocycles. The van der Waals surface area contributed by atoms with Crippen LogP contribution in [0.15, 0.2) is 60.0 Å². The zero-order valence-corrected chi connectivity index (χ0v) is 20.8. The number of nitrogens with zero attached hydrogens (tertiary/aromatic N) is 2. The maximum Gasteiger partial charge on any atom is 0.256 e. The zero-order chi connectivity index (χ0) is 23.7. The van der Waals surface area contributed by atoms with Gasteiger partial charge in [0.05, 0.1) is 16.6 Å². The fourth-order valence-electron chi connectivity index (χ4n) is 4.36. The molecule has 0 bridgehead atoms. The number of rotatable bonds is 7. The molecular formula is C26H24Cl2N2O3S. The molecule has 0 radical (unpaired) electrons. The maximum atomic E-state index is 13.6. The minimum atomic E-state index is -0.213. The van der Waals surface area contributed by atoms with E-state index in [1.807, 2.05) is 17.0 Å². The monoisotopic (exact) mass is 514 g/mol. The Morgan fingerprint density at radius 3 is 2.56 bits per heavy atom. The minimum Gasteiger partial charge on any atom is -0.491 e. The second kappa shape index (κ2) is 9.98. The summed E-state index contributed by atoms with van der Waals surface area (Å²) in [4.78, 5) is 31.7. The highest BCUT2D eigenvalue weighted by atomic mass is 35.5. The quantitative estimate of drug-likeness (QED) is 0.396. The Morgan fingerprint density at radius 1 is 1.06 bits per heavy atom. The largest absolute Gasteiger partial charge is 0.491 e. The van der Waals surface area contributed by atoms with E-state index in [4.69, 9.17) is 27.9 Å². The van der Waals surface area contributed by atoms with Gasteiger partial charge in [-0.2, -0.15) is 0 Å². The lowest BCUT2D eigenvalue weighted by Gasteiger charge is -2.37. The highest BCUT2D eigenvalue weighted by Gasteiger charge is 2.38. The van der Waals surface area contributed by atoms with Gasteiger partial charge in [0.25, 0.3) is 5.91 Å². The SMILES string of the molecule is O=C(c1ccccc1Cl)N(CC(=O)N1CCc2sccc2C1COc1ccc(Cl)cc1)C1CC1. The van der Waals surface area contributed by atoms with Gasteiger partial charge < -0.3 is 14.5 Å². The molecule has 5 nitrogen and oxygen atoms in total. The van der Waals surface area contributed by atoms with Crippen molar-refractivity contribution < 1.29 is 14.3 Å². The van der Waals surface area contributed by atoms with E-state index in [-0.39, 0.29) is 30.4 Å². The first kappa shape index (κ1) is 23.2. The Hall–Kier alpha value is -2.54. The second-order valence-electron chi connectivity index (χ2n) is 8.56. The van der Waals surface area contributed by atoms with Crippen LogP contribution in [0, 0.1) is 0 Å². The van der Waals surface area contributed by atoms with Crippen molar-refractivity contribution in [3.05, 3.63) is 86.0 Å². The third kappa shape index (κ3) is 4.95. The van der Waals surface area contributed by atoms with Crippen molar-refractivity contribution in [3.63, 3.8) is 0 Å². The van der Waals surface area contributed by atoms with Gasteiger partial charge in [0.1, 0.15) is 18.9 Å². The van der Waals surface area contributed by atoms with Gasteiger partial charge in [0.2, 0.25) is 5.91 Å². The topological polar surface area (TPSA) is 49.9 Å². The summed E-state index contributed by atoms with van der Waals surface area (Å²) in [5.41, 5.74) is 1.55. The van der Waals surface area contributed by atoms with Crippen LogP contribution < -0.4 is 4.74 Å². The van der Waals surface area contributed by atoms with E-state index in [2.05, 4.69) is 11.4 Å². The maximum absolute atomic E-state index is 13.6. The van der Waals surface area contributed by atoms with E-state index in [0.29, 0.717) is 34.5 Å². The molecule has 2 amide bonds. The lowest BCUT2D eigenvalue weighted by Crippen LogP contribution is -2.48. The average Bonchev–Trinajstić information content (AvgIpc) is 3.57. The Bertz CT molecular complexity index is 1190. The number of halogens is 2. The highest BCUT2D eigenvalue weighted by Crippen LogP contribution is 2.35. The molecule has 1 aliphatic heterocycles. The third-order valence-electron chi connectivity index (χ3n) is 6.30. The van der Waals surface area contributed by atoms with E-state index < -0.39 is 0 Å². The molecule has 0 spiro atoms. The summed E-state index contributed by atoms with van der Waals surface area (Å²) in [6.07, 6.45) is 2.61. The van der Waals surface area contributed by atoms with Crippen molar-refractivity contribution in [2.75, 3.05) is 19.7 Å². The zero-order valence-electron chi connectivity index (χ0n) is 18.5. The summed E-state index contributed by atoms with van der Waals surface area (Å²) < 4.78 is 6.06. The Morgan fingerprint density at radius 2 is 1.82 bits per heavy atom. The van der Waals surface area contributed by atoms with E-state index in [1.165, 1.54) is 4.88 Å². The van der Waals surface area contributed by atoms with Crippen LogP contribution in [-0.4, -0.2) is 47.4 Å². The predicted octanol–water partition coefficient (Wildman–Crippen LogP) is 5.86. The molecule has 1 saturated carbocycles. The van der Waals surface area contributed by atoms with Gasteiger partial charge in [0, 0.05) is 22.5 Å². The predicted molar refractivity (Wildman–Crippen MR) is 135 cm³/mol. The molecular weight excluding hydrogens is 491 g/mol. The first-order valence-electron chi connectivity index (χ1n) is 11.3. The Balaban J connectivity index is 1.34. The number of carbonyl (C=O) groups is 2. The number of benzene rings is 2. The van der Waals surface area contributed by atoms with Gasteiger partial charge in [0.15, 0.2) is 0 Å². The summed E-state index contributed by atoms with van der Waals surface area (Å²) in [5.74, 6) is 0.435. The van der Waals surface area contributed by atoms with Crippen LogP contribution in [0.1, 0.15) is 39.7 Å². The molecule has 1 aliphatic carbocycles. The fourth-order valence-corrected chi connectivity index (χ4v) is 5.63. The number of hydrogen-bond donors (Lipinski definition) is 0. The van der Waals surface area contributed by atoms with Crippen LogP contribution in [0.25, 0.3) is 0 Å². The summed E-state index contributed by atoms with van der Waals surface area (Å²) in [5, 5.41) is 3.11. The summed E-state index contributed by atoms with van der Waals surface area (Å²) in [6.45, 7) is 0.963. The smallest absolute Gasteiger partial charge is 0.256 e. The van der Waals surface area contributed by atoms with Crippen LogP contribution in [0.2, 0.25) is 10.0 Å². The molecule has 34 heavy (non-hydrogen) atoms. The van der Waals surface area contributed by atoms with E-state index in [0.717, 1.165) is 24.8 Å². The average molecular weight is 515 g/mol. The second-order valence-corrected chi connectivity index (χ2v) is 10.4. The van der Waals surface area contributed by atoms with Crippen LogP contribution in [-0.2, 0) is 11.2 Å². The molecule has 1 unspecified atom stereocenters. The first-order chi connectivity index (χ1) is 16.5. The van der Waals surface area contributed by atoms with Crippen molar-refractivity contribution in [2.24, 2.45) is 0 Å². The highest BCUT2D eigenvalue weighted by molar-refractivity contribution is 7.10. The van der Waals surface area contributed by atoms with Crippen molar-refractivity contribution in [2.45, 2.75) is 31.3 Å². The van der Waals surface area contributed by atoms with Gasteiger partial charge in [-0.15, -0.1) is 11.3 Å². The Kier molecular flexibility index (Phi) is 6.82. The van der Waals surface area contributed by atoms with E-state index in [1.54, 1.807) is 52.6 Å². The number of ether oxygens (including phenoxy) is 1. The van der Waals surface area contributed by atoms with Gasteiger partial charge in [-0.05, 0) is 72.7 Å². The standard InChI is InChI=1S/C26H24Cl2N2O3S/c27-17-5-9-19(10-6-17)33-16-23-21-12-14-34-24(21)11-13-29(23)25(31)15-30(18-7-8-18)26(32)20-3-1-2-4-22(20)28/h1-6,9-10,12,14,18,23H,7-8,11,13,15-16H2. The van der Waals surface area contributed by atoms with E-state index >= 15 is 0 Å². The van der Waals surface area contributed by atoms with Gasteiger partial charge in [-0.25, -0.2) is 0 Å². The van der Waals surface area contributed by atoms with E-state index in [9.17, 15) is 9.59 Å². The first-order valence-corrected chi connectivity index (χ1v) is 12.9. The van der Waals surface area contributed by atoms with Crippen LogP contribution >= 0.6 is 34.5 Å². The summed E-state index contributed by atoms with van der Waals surface area (Å²) >= 11 is 14.0. The van der Waals surface area contributed by atoms with Crippen molar-refractivity contribution in [3.8, 4) is 5.75 Å². The lowest BCUT2D eigenvalue weighted by atomic mass is 10.0. The fraction of sp³-hybridized carbons (Fsp3) is 0.308. The minimum absolute atomic E-state index is 0.0334. The molecule has 0 N–H and O–H groups in total. The van der Waals surface area contributed by atoms with Crippen molar-refractivity contribution in [1.29, 1.82) is 0 Å². The molecule has 2 aliphatic rings. The Labute approximate surface area is 212 Å². The van der Waals surface area contributed by atoms with Crippen molar-refractivity contribution >= 4 is 46.4 Å². The molecule has 1 atom stereocenters. The number of carbonyl (C=O) groups excluding carboxylic acids is 2. The number of amides is 2. The van der Waals surface area contributed by atoms with Crippen LogP contribution in [0.3, 0.4) is 0 Å². The van der Waals surface area contributed by atoms with Crippen LogP contribution in [0.5, 0.6) is 5.75 Å². The number of hydrogen-bond acceptors (Lipinski definition) is 4. The summed E-state index contributed by atoms with van der Waals surface area (Å²) in [6, 6.07) is 16.2. The third-order valence-corrected chi connectivity index (χ3v) is 7.87. The molecule has 8 heteroatoms. The molecule has 3 aromatic rings. The van der Waals surface area contributed by atoms with Crippen LogP contribution in [0.4, 0.5) is 0 Å². The molecule has 2 heterocycles. The lowest BCUT2D eigenvalue weighted by molar-refractivity contribution is -0.135. The molecule has 176 valence electrons. The van der Waals surface area contributed by atoms with Gasteiger partial charge >= 0.3 is 0 Å². The van der Waals surface area contributed by atoms with Crippen molar-refractivity contribution in [1.82, 2.24) is 9.80 Å². The normalized spacial score (nSPS) is 17.2. The summed E-state index contributed by atoms with van der Waals surface area (Å²) in [7, 11) is 0. The number of thiophene rings is 1. The van der Waals surface area contributed by atoms with Gasteiger partial charge in [-0.3, -0.25) is 9.59 Å². The molecule has 5 rings (SSSR count). The number of fused-ring (bicyclic) bond motifs is 1. The molecule has 0 saturated heterocycles. The molecule has 1 aromatic heterocycles.